The van der Waals surface area contributed by atoms with Gasteiger partial charge in [-0.15, -0.1) is 0 Å². The van der Waals surface area contributed by atoms with Crippen LogP contribution in [-0.2, 0) is 0 Å². The van der Waals surface area contributed by atoms with Crippen molar-refractivity contribution in [1.29, 1.82) is 0 Å². The number of nitrogens with zero attached hydrogens (tertiary/aromatic N) is 1. The van der Waals surface area contributed by atoms with Crippen molar-refractivity contribution in [2.75, 3.05) is 0 Å². The van der Waals surface area contributed by atoms with Gasteiger partial charge in [0.15, 0.2) is 0 Å². The lowest BCUT2D eigenvalue weighted by Crippen LogP contribution is -2.33. The van der Waals surface area contributed by atoms with Crippen LogP contribution in [0.25, 0.3) is 38.5 Å². The van der Waals surface area contributed by atoms with Crippen LogP contribution < -0.4 is 11.2 Å². The molecule has 5 rings (SSSR count). The quantitative estimate of drug-likeness (QED) is 0.382. The summed E-state index contributed by atoms with van der Waals surface area (Å²) in [5.41, 5.74) is 1.73. The molecule has 0 bridgehead atoms. The Balaban J connectivity index is 1.75. The van der Waals surface area contributed by atoms with E-state index in [0.717, 1.165) is 21.9 Å². The third kappa shape index (κ3) is 3.11. The van der Waals surface area contributed by atoms with Crippen molar-refractivity contribution in [1.82, 2.24) is 9.55 Å². The van der Waals surface area contributed by atoms with Gasteiger partial charge in [-0.1, -0.05) is 65.7 Å². The lowest BCUT2D eigenvalue weighted by molar-refractivity contribution is 0.908. The van der Waals surface area contributed by atoms with Crippen LogP contribution in [0.1, 0.15) is 0 Å². The molecule has 5 aromatic rings. The van der Waals surface area contributed by atoms with Crippen LogP contribution in [0.3, 0.4) is 0 Å². The fourth-order valence-electron chi connectivity index (χ4n) is 3.74. The average molecular weight is 433 g/mol. The van der Waals surface area contributed by atoms with Crippen molar-refractivity contribution >= 4 is 44.9 Å². The van der Waals surface area contributed by atoms with E-state index in [1.54, 1.807) is 36.4 Å². The SMILES string of the molecule is O=c1[nH]c2cc(-c3cc(Cl)cc(Cl)c3)ccc2c(=O)n1-c1cccc2ccccc12. The lowest BCUT2D eigenvalue weighted by atomic mass is 10.0. The predicted octanol–water partition coefficient (Wildman–Crippen LogP) is 5.81. The fourth-order valence-corrected chi connectivity index (χ4v) is 4.27. The summed E-state index contributed by atoms with van der Waals surface area (Å²) in [6.45, 7) is 0. The van der Waals surface area contributed by atoms with Gasteiger partial charge in [0.1, 0.15) is 0 Å². The summed E-state index contributed by atoms with van der Waals surface area (Å²) < 4.78 is 1.18. The normalized spacial score (nSPS) is 11.3. The second-order valence-electron chi connectivity index (χ2n) is 6.99. The molecule has 0 radical (unpaired) electrons. The third-order valence-electron chi connectivity index (χ3n) is 5.10. The largest absolute Gasteiger partial charge is 0.333 e. The van der Waals surface area contributed by atoms with E-state index in [4.69, 9.17) is 23.2 Å². The number of halogens is 2. The fraction of sp³-hybridized carbons (Fsp3) is 0. The van der Waals surface area contributed by atoms with Crippen molar-refractivity contribution in [3.63, 3.8) is 0 Å². The molecule has 1 aromatic heterocycles. The summed E-state index contributed by atoms with van der Waals surface area (Å²) in [5.74, 6) is 0. The first-order valence-corrected chi connectivity index (χ1v) is 10.0. The number of rotatable bonds is 2. The number of fused-ring (bicyclic) bond motifs is 2. The number of nitrogens with one attached hydrogen (secondary N) is 1. The van der Waals surface area contributed by atoms with E-state index in [1.165, 1.54) is 4.57 Å². The number of hydrogen-bond donors (Lipinski definition) is 1. The Bertz CT molecular complexity index is 1540. The third-order valence-corrected chi connectivity index (χ3v) is 5.54. The molecule has 0 saturated carbocycles. The average Bonchev–Trinajstić information content (AvgIpc) is 2.73. The van der Waals surface area contributed by atoms with E-state index >= 15 is 0 Å². The van der Waals surface area contributed by atoms with Gasteiger partial charge < -0.3 is 4.98 Å². The summed E-state index contributed by atoms with van der Waals surface area (Å²) in [6, 6.07) is 23.7. The molecule has 0 spiro atoms. The van der Waals surface area contributed by atoms with Crippen LogP contribution in [-0.4, -0.2) is 9.55 Å². The molecule has 1 heterocycles. The Labute approximate surface area is 180 Å². The molecule has 1 N–H and O–H groups in total. The molecule has 0 unspecified atom stereocenters. The van der Waals surface area contributed by atoms with Crippen LogP contribution in [0.15, 0.2) is 88.5 Å². The first kappa shape index (κ1) is 18.7. The summed E-state index contributed by atoms with van der Waals surface area (Å²) in [7, 11) is 0. The second-order valence-corrected chi connectivity index (χ2v) is 7.86. The van der Waals surface area contributed by atoms with Crippen LogP contribution in [0, 0.1) is 0 Å². The zero-order chi connectivity index (χ0) is 20.8. The van der Waals surface area contributed by atoms with Gasteiger partial charge in [0.25, 0.3) is 5.56 Å². The maximum absolute atomic E-state index is 13.3. The van der Waals surface area contributed by atoms with Gasteiger partial charge in [-0.3, -0.25) is 4.79 Å². The smallest absolute Gasteiger partial charge is 0.306 e. The molecule has 4 aromatic carbocycles. The lowest BCUT2D eigenvalue weighted by Gasteiger charge is -2.11. The number of benzene rings is 4. The van der Waals surface area contributed by atoms with Crippen molar-refractivity contribution < 1.29 is 0 Å². The Morgan fingerprint density at radius 1 is 0.700 bits per heavy atom. The molecule has 146 valence electrons. The number of H-pyrrole nitrogens is 1. The summed E-state index contributed by atoms with van der Waals surface area (Å²) >= 11 is 12.2. The maximum Gasteiger partial charge on any atom is 0.333 e. The van der Waals surface area contributed by atoms with Crippen LogP contribution >= 0.6 is 23.2 Å². The highest BCUT2D eigenvalue weighted by molar-refractivity contribution is 6.35. The molecule has 4 nitrogen and oxygen atoms in total. The van der Waals surface area contributed by atoms with E-state index in [2.05, 4.69) is 4.98 Å². The second kappa shape index (κ2) is 7.17. The minimum atomic E-state index is -0.495. The molecule has 30 heavy (non-hydrogen) atoms. The first-order chi connectivity index (χ1) is 14.5. The Morgan fingerprint density at radius 3 is 2.23 bits per heavy atom. The van der Waals surface area contributed by atoms with Gasteiger partial charge in [-0.05, 0) is 52.9 Å². The maximum atomic E-state index is 13.3. The number of aromatic amines is 1. The van der Waals surface area contributed by atoms with Gasteiger partial charge in [0.05, 0.1) is 16.6 Å². The molecular weight excluding hydrogens is 419 g/mol. The van der Waals surface area contributed by atoms with E-state index in [1.807, 2.05) is 42.5 Å². The van der Waals surface area contributed by atoms with Gasteiger partial charge in [-0.25, -0.2) is 9.36 Å². The highest BCUT2D eigenvalue weighted by atomic mass is 35.5. The molecule has 0 aliphatic heterocycles. The molecule has 0 atom stereocenters. The van der Waals surface area contributed by atoms with Crippen LogP contribution in [0.5, 0.6) is 0 Å². The zero-order valence-electron chi connectivity index (χ0n) is 15.5. The summed E-state index contributed by atoms with van der Waals surface area (Å²) in [5, 5.41) is 3.22. The van der Waals surface area contributed by atoms with E-state index in [9.17, 15) is 9.59 Å². The van der Waals surface area contributed by atoms with E-state index < -0.39 is 5.69 Å². The highest BCUT2D eigenvalue weighted by Crippen LogP contribution is 2.28. The number of hydrogen-bond acceptors (Lipinski definition) is 2. The van der Waals surface area contributed by atoms with Crippen LogP contribution in [0.2, 0.25) is 10.0 Å². The molecule has 0 fully saturated rings. The Hall–Kier alpha value is -3.34. The highest BCUT2D eigenvalue weighted by Gasteiger charge is 2.13. The molecule has 6 heteroatoms. The topological polar surface area (TPSA) is 54.9 Å². The predicted molar refractivity (Wildman–Crippen MR) is 123 cm³/mol. The van der Waals surface area contributed by atoms with Gasteiger partial charge in [0, 0.05) is 15.4 Å². The van der Waals surface area contributed by atoms with Crippen molar-refractivity contribution in [2.24, 2.45) is 0 Å². The minimum absolute atomic E-state index is 0.374. The van der Waals surface area contributed by atoms with Gasteiger partial charge >= 0.3 is 5.69 Å². The molecule has 0 amide bonds. The van der Waals surface area contributed by atoms with Crippen LogP contribution in [0.4, 0.5) is 0 Å². The van der Waals surface area contributed by atoms with Crippen molar-refractivity contribution in [3.05, 3.63) is 110 Å². The Kier molecular flexibility index (Phi) is 4.46. The molecule has 0 aliphatic carbocycles. The van der Waals surface area contributed by atoms with E-state index in [0.29, 0.717) is 26.6 Å². The molecule has 0 aliphatic rings. The summed E-state index contributed by atoms with van der Waals surface area (Å²) in [4.78, 5) is 29.0. The standard InChI is InChI=1S/C24H14Cl2N2O2/c25-17-10-16(11-18(26)13-17)15-8-9-20-21(12-15)27-24(30)28(23(20)29)22-7-3-5-14-4-1-2-6-19(14)22/h1-13H,(H,27,30). The van der Waals surface area contributed by atoms with Gasteiger partial charge in [0.2, 0.25) is 0 Å². The molecular formula is C24H14Cl2N2O2. The minimum Gasteiger partial charge on any atom is -0.306 e. The summed E-state index contributed by atoms with van der Waals surface area (Å²) in [6.07, 6.45) is 0. The van der Waals surface area contributed by atoms with E-state index in [-0.39, 0.29) is 5.56 Å². The zero-order valence-corrected chi connectivity index (χ0v) is 17.0. The van der Waals surface area contributed by atoms with Crippen molar-refractivity contribution in [3.8, 4) is 16.8 Å². The van der Waals surface area contributed by atoms with Crippen molar-refractivity contribution in [2.45, 2.75) is 0 Å². The number of aromatic nitrogens is 2. The van der Waals surface area contributed by atoms with Gasteiger partial charge in [-0.2, -0.15) is 0 Å². The molecule has 0 saturated heterocycles. The monoisotopic (exact) mass is 432 g/mol. The Morgan fingerprint density at radius 2 is 1.43 bits per heavy atom. The first-order valence-electron chi connectivity index (χ1n) is 9.25.